The van der Waals surface area contributed by atoms with Gasteiger partial charge >= 0.3 is 0 Å². The molecule has 8 rings (SSSR count). The van der Waals surface area contributed by atoms with Gasteiger partial charge < -0.3 is 62.5 Å². The summed E-state index contributed by atoms with van der Waals surface area (Å²) in [4.78, 5) is 139. The van der Waals surface area contributed by atoms with Crippen LogP contribution in [-0.2, 0) is 0 Å². The third-order valence-electron chi connectivity index (χ3n) is 12.2. The molecule has 416 valence electrons. The molecule has 0 radical (unpaired) electrons. The Kier molecular flexibility index (Phi) is 20.9. The summed E-state index contributed by atoms with van der Waals surface area (Å²) in [7, 11) is 0. The second kappa shape index (κ2) is 28.1. The van der Waals surface area contributed by atoms with Crippen molar-refractivity contribution in [2.75, 3.05) is 57.7 Å². The largest absolute Gasteiger partial charge is 0.425 e. The molecule has 7 heterocycles. The van der Waals surface area contributed by atoms with Crippen LogP contribution in [0.4, 0.5) is 11.4 Å². The van der Waals surface area contributed by atoms with Crippen molar-refractivity contribution in [1.82, 2.24) is 55.3 Å². The highest BCUT2D eigenvalue weighted by molar-refractivity contribution is 7.80. The number of thiocarbonyl (C=S) groups is 2. The Morgan fingerprint density at radius 2 is 1.09 bits per heavy atom. The summed E-state index contributed by atoms with van der Waals surface area (Å²) in [6.45, 7) is -0.467. The molecule has 0 saturated carbocycles. The number of anilines is 1. The molecule has 79 heavy (non-hydrogen) atoms. The summed E-state index contributed by atoms with van der Waals surface area (Å²) in [6.07, 6.45) is 1.54. The van der Waals surface area contributed by atoms with Crippen LogP contribution < -0.4 is 54.1 Å². The van der Waals surface area contributed by atoms with Crippen molar-refractivity contribution in [3.63, 3.8) is 0 Å². The molecule has 0 saturated heterocycles. The minimum Gasteiger partial charge on any atom is -0.425 e. The maximum Gasteiger partial charge on any atom is 0.296 e. The van der Waals surface area contributed by atoms with Crippen molar-refractivity contribution in [1.29, 1.82) is 0 Å². The van der Waals surface area contributed by atoms with E-state index in [0.29, 0.717) is 35.9 Å². The van der Waals surface area contributed by atoms with Gasteiger partial charge in [-0.1, -0.05) is 12.1 Å². The van der Waals surface area contributed by atoms with E-state index in [0.717, 1.165) is 36.4 Å². The van der Waals surface area contributed by atoms with E-state index < -0.39 is 86.2 Å². The van der Waals surface area contributed by atoms with Gasteiger partial charge in [0.25, 0.3) is 57.7 Å². The fraction of sp³-hybridized carbons (Fsp3) is 0.320. The molecule has 0 fully saturated rings. The number of nitrogens with one attached hydrogen (secondary N) is 6. The molecule has 3 aliphatic heterocycles. The first-order chi connectivity index (χ1) is 37.9. The number of carbonyl (C=O) groups is 6. The van der Waals surface area contributed by atoms with Crippen LogP contribution in [-0.4, -0.2) is 154 Å². The van der Waals surface area contributed by atoms with Crippen LogP contribution in [0, 0.1) is 0 Å². The van der Waals surface area contributed by atoms with Crippen LogP contribution in [0.3, 0.4) is 0 Å². The van der Waals surface area contributed by atoms with Gasteiger partial charge in [0, 0.05) is 76.2 Å². The normalized spacial score (nSPS) is 15.4. The van der Waals surface area contributed by atoms with E-state index in [4.69, 9.17) is 12.2 Å². The molecule has 1 aromatic carbocycles. The molecule has 0 aliphatic carbocycles. The predicted octanol–water partition coefficient (Wildman–Crippen LogP) is 1.02. The molecule has 27 nitrogen and oxygen atoms in total. The second-order valence-corrected chi connectivity index (χ2v) is 18.2. The highest BCUT2D eigenvalue weighted by Crippen LogP contribution is 2.16. The molecule has 6 amide bonds. The Hall–Kier alpha value is -9.47. The van der Waals surface area contributed by atoms with Crippen molar-refractivity contribution in [3.8, 4) is 0 Å². The summed E-state index contributed by atoms with van der Waals surface area (Å²) < 4.78 is 0.294. The first-order valence-corrected chi connectivity index (χ1v) is 25.4. The van der Waals surface area contributed by atoms with Crippen molar-refractivity contribution in [2.24, 2.45) is 4.99 Å². The minimum absolute atomic E-state index is 0.0246. The summed E-state index contributed by atoms with van der Waals surface area (Å²) in [5, 5.41) is 61.5. The third-order valence-corrected chi connectivity index (χ3v) is 12.6. The Bertz CT molecular complexity index is 3410. The summed E-state index contributed by atoms with van der Waals surface area (Å²) in [5.41, 5.74) is -6.09. The van der Waals surface area contributed by atoms with Crippen LogP contribution in [0.5, 0.6) is 0 Å². The average molecular weight is 1130 g/mol. The number of carbonyl (C=O) groups excluding carboxylic acids is 6. The lowest BCUT2D eigenvalue weighted by molar-refractivity contribution is 0.0657. The molecular formula is C50H55N13O14S2. The van der Waals surface area contributed by atoms with E-state index in [2.05, 4.69) is 54.3 Å². The summed E-state index contributed by atoms with van der Waals surface area (Å²) >= 11 is 10.0. The van der Waals surface area contributed by atoms with Crippen molar-refractivity contribution in [2.45, 2.75) is 51.0 Å². The van der Waals surface area contributed by atoms with Crippen LogP contribution >= 0.6 is 24.4 Å². The number of pyridine rings is 4. The summed E-state index contributed by atoms with van der Waals surface area (Å²) in [5.74, 6) is -5.44. The van der Waals surface area contributed by atoms with Gasteiger partial charge in [0.1, 0.15) is 33.9 Å². The van der Waals surface area contributed by atoms with E-state index in [1.54, 1.807) is 24.3 Å². The lowest BCUT2D eigenvalue weighted by atomic mass is 10.1. The van der Waals surface area contributed by atoms with E-state index in [1.165, 1.54) is 34.1 Å². The summed E-state index contributed by atoms with van der Waals surface area (Å²) in [6, 6.07) is 17.1. The number of unbranched alkanes of at least 4 members (excludes halogenated alkanes) is 1. The minimum atomic E-state index is -1.27. The Balaban J connectivity index is 1.22. The topological polar surface area (TPSA) is 362 Å². The number of amides is 6. The fourth-order valence-corrected chi connectivity index (χ4v) is 8.41. The van der Waals surface area contributed by atoms with Crippen molar-refractivity contribution >= 4 is 81.5 Å². The van der Waals surface area contributed by atoms with Crippen molar-refractivity contribution in [3.05, 3.63) is 160 Å². The number of isothiocyanates is 1. The lowest BCUT2D eigenvalue weighted by Crippen LogP contribution is -2.46. The van der Waals surface area contributed by atoms with Gasteiger partial charge in [-0.25, -0.2) is 0 Å². The van der Waals surface area contributed by atoms with Gasteiger partial charge in [0.05, 0.1) is 10.8 Å². The molecule has 29 heteroatoms. The van der Waals surface area contributed by atoms with E-state index in [-0.39, 0.29) is 108 Å². The molecule has 1 atom stereocenters. The Morgan fingerprint density at radius 1 is 0.595 bits per heavy atom. The average Bonchev–Trinajstić information content (AvgIpc) is 3.44. The SMILES string of the molecule is O=C1NCCCN(C(=O)c2cccc(=O)n2O)CCCCN(C(=O)c2cccc(=O)n2O)CCCNC(=O)c2ccc(n(O)c2=O)C(=O)N[C@@H](CCCCNC(=S)Nc2ccc(N=C=S)cc2)CNC(=O)c2ccc1c(=O)n2O. The zero-order valence-electron chi connectivity index (χ0n) is 42.1. The van der Waals surface area contributed by atoms with E-state index >= 15 is 0 Å². The maximum atomic E-state index is 13.8. The number of benzene rings is 1. The van der Waals surface area contributed by atoms with E-state index in [9.17, 15) is 68.8 Å². The van der Waals surface area contributed by atoms with Gasteiger partial charge in [-0.2, -0.15) is 4.99 Å². The number of hydrogen-bond donors (Lipinski definition) is 10. The third kappa shape index (κ3) is 15.6. The first kappa shape index (κ1) is 58.8. The molecule has 4 bridgehead atoms. The first-order valence-electron chi connectivity index (χ1n) is 24.6. The molecule has 10 N–H and O–H groups in total. The standard InChI is InChI=1S/C50H55N13O14S2/c64-40-12-5-10-38(60(40)74)48(72)58-25-3-4-26-59(49(73)39-11-6-13-41(65)61(39)75)28-8-24-52-43(67)35-19-21-37(63(77)47(35)71)45(69)56-33(9-1-2-22-53-50(79)57-32-16-14-31(15-17-32)55-30-78)29-54-44(68)36-20-18-34(46(70)62(36)76)42(66)51-23-7-27-58/h5-6,10-21,33,74-77H,1-4,7-9,22-29H2,(H,51,66)(H,52,67)(H,54,68)(H,56,69)(H2,53,57,79)/t33-/m0/s1. The predicted molar refractivity (Wildman–Crippen MR) is 289 cm³/mol. The van der Waals surface area contributed by atoms with Gasteiger partial charge in [0.2, 0.25) is 0 Å². The molecule has 3 aliphatic rings. The lowest BCUT2D eigenvalue weighted by Gasteiger charge is -2.26. The van der Waals surface area contributed by atoms with Crippen LogP contribution in [0.1, 0.15) is 108 Å². The molecule has 4 aromatic heterocycles. The highest BCUT2D eigenvalue weighted by atomic mass is 32.1. The number of rotatable bonds is 9. The van der Waals surface area contributed by atoms with Gasteiger partial charge in [-0.15, -0.1) is 18.9 Å². The molecule has 0 unspecified atom stereocenters. The van der Waals surface area contributed by atoms with Crippen LogP contribution in [0.25, 0.3) is 0 Å². The van der Waals surface area contributed by atoms with Gasteiger partial charge in [-0.05, 0) is 130 Å². The monoisotopic (exact) mass is 1130 g/mol. The van der Waals surface area contributed by atoms with Crippen LogP contribution in [0.15, 0.2) is 109 Å². The Morgan fingerprint density at radius 3 is 1.59 bits per heavy atom. The zero-order chi connectivity index (χ0) is 57.2. The molecular weight excluding hydrogens is 1070 g/mol. The van der Waals surface area contributed by atoms with Gasteiger partial charge in [-0.3, -0.25) is 47.9 Å². The molecule has 0 spiro atoms. The Labute approximate surface area is 458 Å². The number of hydrogen-bond acceptors (Lipinski definition) is 17. The highest BCUT2D eigenvalue weighted by Gasteiger charge is 2.26. The van der Waals surface area contributed by atoms with Gasteiger partial charge in [0.15, 0.2) is 5.11 Å². The smallest absolute Gasteiger partial charge is 0.296 e. The number of fused-ring (bicyclic) bond motifs is 2. The number of aromatic nitrogens is 4. The quantitative estimate of drug-likeness (QED) is 0.0426. The zero-order valence-corrected chi connectivity index (χ0v) is 43.7. The number of aliphatic imine (C=N–C) groups is 1. The van der Waals surface area contributed by atoms with E-state index in [1.807, 2.05) is 0 Å². The second-order valence-electron chi connectivity index (χ2n) is 17.6. The molecule has 5 aromatic rings. The fourth-order valence-electron chi connectivity index (χ4n) is 8.08. The maximum absolute atomic E-state index is 13.8. The van der Waals surface area contributed by atoms with Crippen LogP contribution in [0.2, 0.25) is 0 Å². The number of nitrogens with zero attached hydrogens (tertiary/aromatic N) is 7. The van der Waals surface area contributed by atoms with Crippen molar-refractivity contribution < 1.29 is 49.6 Å².